The van der Waals surface area contributed by atoms with Gasteiger partial charge in [-0.1, -0.05) is 0 Å². The van der Waals surface area contributed by atoms with E-state index in [1.807, 2.05) is 6.92 Å². The first-order valence-corrected chi connectivity index (χ1v) is 6.03. The van der Waals surface area contributed by atoms with Gasteiger partial charge in [-0.3, -0.25) is 14.5 Å². The Bertz CT molecular complexity index is 287. The number of carbonyl (C=O) groups excluding carboxylic acids is 2. The molecule has 5 heteroatoms. The fourth-order valence-corrected chi connectivity index (χ4v) is 2.42. The van der Waals surface area contributed by atoms with Crippen molar-refractivity contribution in [1.29, 1.82) is 0 Å². The second kappa shape index (κ2) is 4.93. The summed E-state index contributed by atoms with van der Waals surface area (Å²) in [5, 5.41) is 6.59. The number of amides is 2. The first-order chi connectivity index (χ1) is 7.72. The van der Waals surface area contributed by atoms with Crippen LogP contribution in [0.2, 0.25) is 0 Å². The summed E-state index contributed by atoms with van der Waals surface area (Å²) in [5.41, 5.74) is 0. The van der Waals surface area contributed by atoms with Crippen molar-refractivity contribution in [3.8, 4) is 0 Å². The summed E-state index contributed by atoms with van der Waals surface area (Å²) in [7, 11) is 0. The van der Waals surface area contributed by atoms with E-state index in [0.29, 0.717) is 19.0 Å². The smallest absolute Gasteiger partial charge is 0.246 e. The minimum Gasteiger partial charge on any atom is -0.317 e. The van der Waals surface area contributed by atoms with Gasteiger partial charge in [0, 0.05) is 12.6 Å². The molecule has 0 aliphatic carbocycles. The molecule has 2 aliphatic heterocycles. The van der Waals surface area contributed by atoms with Gasteiger partial charge in [0.25, 0.3) is 0 Å². The van der Waals surface area contributed by atoms with Gasteiger partial charge >= 0.3 is 0 Å². The molecular formula is C11H19N3O2. The summed E-state index contributed by atoms with van der Waals surface area (Å²) in [4.78, 5) is 24.7. The van der Waals surface area contributed by atoms with Crippen LogP contribution in [0.3, 0.4) is 0 Å². The van der Waals surface area contributed by atoms with Crippen molar-refractivity contribution in [2.75, 3.05) is 19.6 Å². The summed E-state index contributed by atoms with van der Waals surface area (Å²) in [6.07, 6.45) is 2.39. The number of likely N-dealkylation sites (tertiary alicyclic amines) is 1. The van der Waals surface area contributed by atoms with E-state index >= 15 is 0 Å². The predicted molar refractivity (Wildman–Crippen MR) is 59.8 cm³/mol. The quantitative estimate of drug-likeness (QED) is 0.634. The molecule has 0 radical (unpaired) electrons. The monoisotopic (exact) mass is 225 g/mol. The topological polar surface area (TPSA) is 61.4 Å². The molecule has 5 nitrogen and oxygen atoms in total. The van der Waals surface area contributed by atoms with Crippen molar-refractivity contribution in [3.05, 3.63) is 0 Å². The molecule has 16 heavy (non-hydrogen) atoms. The Morgan fingerprint density at radius 2 is 2.06 bits per heavy atom. The Labute approximate surface area is 95.6 Å². The molecule has 0 saturated carbocycles. The van der Waals surface area contributed by atoms with Gasteiger partial charge < -0.3 is 10.6 Å². The minimum absolute atomic E-state index is 0.0427. The standard InChI is InChI=1S/C11H19N3O2/c1-2-14-10(15)7-9(11(14)16)13-8-3-5-12-6-4-8/h8-9,12-13H,2-7H2,1H3. The Kier molecular flexibility index (Phi) is 3.56. The lowest BCUT2D eigenvalue weighted by atomic mass is 10.1. The van der Waals surface area contributed by atoms with Crippen LogP contribution in [0.1, 0.15) is 26.2 Å². The largest absolute Gasteiger partial charge is 0.317 e. The van der Waals surface area contributed by atoms with Gasteiger partial charge in [0.05, 0.1) is 12.5 Å². The zero-order chi connectivity index (χ0) is 11.5. The third kappa shape index (κ3) is 2.25. The highest BCUT2D eigenvalue weighted by molar-refractivity contribution is 6.05. The zero-order valence-electron chi connectivity index (χ0n) is 9.66. The van der Waals surface area contributed by atoms with Gasteiger partial charge in [0.1, 0.15) is 0 Å². The molecule has 2 rings (SSSR count). The van der Waals surface area contributed by atoms with Gasteiger partial charge in [-0.2, -0.15) is 0 Å². The molecule has 2 N–H and O–H groups in total. The predicted octanol–water partition coefficient (Wildman–Crippen LogP) is -0.525. The molecule has 0 spiro atoms. The van der Waals surface area contributed by atoms with Gasteiger partial charge in [0.2, 0.25) is 11.8 Å². The molecule has 0 aromatic heterocycles. The van der Waals surface area contributed by atoms with Crippen molar-refractivity contribution in [3.63, 3.8) is 0 Å². The Morgan fingerprint density at radius 1 is 1.38 bits per heavy atom. The van der Waals surface area contributed by atoms with Crippen LogP contribution in [0.4, 0.5) is 0 Å². The zero-order valence-corrected chi connectivity index (χ0v) is 9.66. The molecular weight excluding hydrogens is 206 g/mol. The molecule has 2 amide bonds. The van der Waals surface area contributed by atoms with Crippen LogP contribution in [0.5, 0.6) is 0 Å². The van der Waals surface area contributed by atoms with Crippen LogP contribution >= 0.6 is 0 Å². The van der Waals surface area contributed by atoms with Crippen molar-refractivity contribution >= 4 is 11.8 Å². The second-order valence-electron chi connectivity index (χ2n) is 4.42. The first-order valence-electron chi connectivity index (χ1n) is 6.03. The molecule has 2 saturated heterocycles. The molecule has 0 aromatic carbocycles. The Hall–Kier alpha value is -0.940. The molecule has 0 bridgehead atoms. The lowest BCUT2D eigenvalue weighted by Crippen LogP contribution is -2.47. The van der Waals surface area contributed by atoms with Crippen molar-refractivity contribution < 1.29 is 9.59 Å². The van der Waals surface area contributed by atoms with E-state index in [4.69, 9.17) is 0 Å². The highest BCUT2D eigenvalue weighted by Gasteiger charge is 2.38. The number of likely N-dealkylation sites (N-methyl/N-ethyl adjacent to an activating group) is 1. The van der Waals surface area contributed by atoms with Crippen LogP contribution in [0, 0.1) is 0 Å². The molecule has 90 valence electrons. The number of piperidine rings is 1. The lowest BCUT2D eigenvalue weighted by molar-refractivity contribution is -0.138. The van der Waals surface area contributed by atoms with Gasteiger partial charge in [-0.25, -0.2) is 0 Å². The van der Waals surface area contributed by atoms with Crippen molar-refractivity contribution in [2.24, 2.45) is 0 Å². The van der Waals surface area contributed by atoms with Gasteiger partial charge in [-0.05, 0) is 32.9 Å². The highest BCUT2D eigenvalue weighted by atomic mass is 16.2. The third-order valence-electron chi connectivity index (χ3n) is 3.34. The Morgan fingerprint density at radius 3 is 2.62 bits per heavy atom. The summed E-state index contributed by atoms with van der Waals surface area (Å²) in [6, 6.07) is 0.0929. The first kappa shape index (κ1) is 11.5. The maximum atomic E-state index is 11.8. The van der Waals surface area contributed by atoms with Crippen LogP contribution < -0.4 is 10.6 Å². The second-order valence-corrected chi connectivity index (χ2v) is 4.42. The molecule has 1 atom stereocenters. The molecule has 2 heterocycles. The molecule has 1 unspecified atom stereocenters. The van der Waals surface area contributed by atoms with Crippen LogP contribution in [-0.4, -0.2) is 48.4 Å². The van der Waals surface area contributed by atoms with E-state index in [9.17, 15) is 9.59 Å². The number of imide groups is 1. The van der Waals surface area contributed by atoms with E-state index in [1.165, 1.54) is 4.90 Å². The third-order valence-corrected chi connectivity index (χ3v) is 3.34. The van der Waals surface area contributed by atoms with Crippen molar-refractivity contribution in [2.45, 2.75) is 38.3 Å². The SMILES string of the molecule is CCN1C(=O)CC(NC2CCNCC2)C1=O. The van der Waals surface area contributed by atoms with Crippen LogP contribution in [0.15, 0.2) is 0 Å². The number of rotatable bonds is 3. The summed E-state index contributed by atoms with van der Waals surface area (Å²) in [5.74, 6) is -0.0926. The van der Waals surface area contributed by atoms with E-state index in [1.54, 1.807) is 0 Å². The van der Waals surface area contributed by atoms with E-state index in [-0.39, 0.29) is 17.9 Å². The molecule has 2 aliphatic rings. The number of hydrogen-bond acceptors (Lipinski definition) is 4. The van der Waals surface area contributed by atoms with Gasteiger partial charge in [0.15, 0.2) is 0 Å². The van der Waals surface area contributed by atoms with Crippen molar-refractivity contribution in [1.82, 2.24) is 15.5 Å². The molecule has 2 fully saturated rings. The van der Waals surface area contributed by atoms with E-state index in [0.717, 1.165) is 25.9 Å². The van der Waals surface area contributed by atoms with E-state index < -0.39 is 0 Å². The number of carbonyl (C=O) groups is 2. The molecule has 0 aromatic rings. The fraction of sp³-hybridized carbons (Fsp3) is 0.818. The maximum absolute atomic E-state index is 11.8. The average molecular weight is 225 g/mol. The minimum atomic E-state index is -0.282. The highest BCUT2D eigenvalue weighted by Crippen LogP contribution is 2.15. The summed E-state index contributed by atoms with van der Waals surface area (Å²) in [6.45, 7) is 4.30. The van der Waals surface area contributed by atoms with Crippen LogP contribution in [-0.2, 0) is 9.59 Å². The summed E-state index contributed by atoms with van der Waals surface area (Å²) < 4.78 is 0. The summed E-state index contributed by atoms with van der Waals surface area (Å²) >= 11 is 0. The maximum Gasteiger partial charge on any atom is 0.246 e. The Balaban J connectivity index is 1.90. The fourth-order valence-electron chi connectivity index (χ4n) is 2.42. The number of nitrogens with zero attached hydrogens (tertiary/aromatic N) is 1. The van der Waals surface area contributed by atoms with E-state index in [2.05, 4.69) is 10.6 Å². The normalized spacial score (nSPS) is 27.8. The lowest BCUT2D eigenvalue weighted by Gasteiger charge is -2.26. The number of hydrogen-bond donors (Lipinski definition) is 2. The average Bonchev–Trinajstić information content (AvgIpc) is 2.55. The van der Waals surface area contributed by atoms with Crippen LogP contribution in [0.25, 0.3) is 0 Å². The van der Waals surface area contributed by atoms with Gasteiger partial charge in [-0.15, -0.1) is 0 Å². The number of nitrogens with one attached hydrogen (secondary N) is 2.